The van der Waals surface area contributed by atoms with Crippen LogP contribution in [0, 0.1) is 17.4 Å². The van der Waals surface area contributed by atoms with Crippen molar-refractivity contribution in [3.05, 3.63) is 84.3 Å². The van der Waals surface area contributed by atoms with E-state index in [0.717, 1.165) is 36.1 Å². The van der Waals surface area contributed by atoms with Crippen LogP contribution in [0.15, 0.2) is 62.5 Å². The summed E-state index contributed by atoms with van der Waals surface area (Å²) in [5, 5.41) is 5.64. The van der Waals surface area contributed by atoms with E-state index in [1.54, 1.807) is 12.3 Å². The van der Waals surface area contributed by atoms with Gasteiger partial charge in [0.25, 0.3) is 0 Å². The first-order valence-corrected chi connectivity index (χ1v) is 11.3. The molecule has 0 saturated carbocycles. The van der Waals surface area contributed by atoms with Gasteiger partial charge in [0, 0.05) is 26.8 Å². The summed E-state index contributed by atoms with van der Waals surface area (Å²) >= 11 is 12.0. The average Bonchev–Trinajstić information content (AvgIpc) is 3.24. The zero-order valence-electron chi connectivity index (χ0n) is 16.0. The molecule has 2 aromatic carbocycles. The van der Waals surface area contributed by atoms with Crippen LogP contribution in [0.2, 0.25) is 5.02 Å². The molecule has 0 unspecified atom stereocenters. The zero-order chi connectivity index (χ0) is 21.4. The predicted octanol–water partition coefficient (Wildman–Crippen LogP) is 6.62. The topological polar surface area (TPSA) is 59.5 Å². The third-order valence-corrected chi connectivity index (χ3v) is 6.27. The van der Waals surface area contributed by atoms with Crippen LogP contribution in [0.4, 0.5) is 0 Å². The van der Waals surface area contributed by atoms with E-state index in [2.05, 4.69) is 53.6 Å². The lowest BCUT2D eigenvalue weighted by atomic mass is 10.2. The van der Waals surface area contributed by atoms with Crippen molar-refractivity contribution in [2.45, 2.75) is 13.8 Å². The summed E-state index contributed by atoms with van der Waals surface area (Å²) in [4.78, 5) is 12.5. The van der Waals surface area contributed by atoms with Gasteiger partial charge in [0.05, 0.1) is 20.5 Å². The first-order chi connectivity index (χ1) is 14.3. The van der Waals surface area contributed by atoms with Gasteiger partial charge in [-0.05, 0) is 72.8 Å². The Balaban J connectivity index is 1.55. The summed E-state index contributed by atoms with van der Waals surface area (Å²) in [6.45, 7) is 3.99. The lowest BCUT2D eigenvalue weighted by Crippen LogP contribution is -2.16. The van der Waals surface area contributed by atoms with E-state index in [4.69, 9.17) is 16.0 Å². The molecule has 0 saturated heterocycles. The van der Waals surface area contributed by atoms with Crippen LogP contribution in [0.25, 0.3) is 16.7 Å². The van der Waals surface area contributed by atoms with Gasteiger partial charge < -0.3 is 8.98 Å². The van der Waals surface area contributed by atoms with Crippen molar-refractivity contribution in [1.29, 1.82) is 0 Å². The van der Waals surface area contributed by atoms with E-state index >= 15 is 0 Å². The Labute approximate surface area is 200 Å². The molecule has 0 bridgehead atoms. The molecule has 2 aromatic heterocycles. The number of amides is 1. The summed E-state index contributed by atoms with van der Waals surface area (Å²) in [6.07, 6.45) is 1.62. The fraction of sp³-hybridized carbons (Fsp3) is 0.0909. The van der Waals surface area contributed by atoms with Gasteiger partial charge in [-0.2, -0.15) is 5.10 Å². The number of halogens is 3. The molecule has 4 rings (SSSR count). The highest BCUT2D eigenvalue weighted by atomic mass is 127. The third kappa shape index (κ3) is 4.06. The van der Waals surface area contributed by atoms with Crippen LogP contribution in [-0.4, -0.2) is 16.7 Å². The van der Waals surface area contributed by atoms with E-state index in [1.165, 1.54) is 0 Å². The molecule has 5 nitrogen and oxygen atoms in total. The first-order valence-electron chi connectivity index (χ1n) is 9.01. The Morgan fingerprint density at radius 2 is 2.00 bits per heavy atom. The highest BCUT2D eigenvalue weighted by molar-refractivity contribution is 14.1. The Morgan fingerprint density at radius 1 is 1.23 bits per heavy atom. The van der Waals surface area contributed by atoms with Gasteiger partial charge in [-0.1, -0.05) is 39.7 Å². The molecule has 0 aliphatic rings. The van der Waals surface area contributed by atoms with Gasteiger partial charge in [0.15, 0.2) is 5.76 Å². The molecule has 152 valence electrons. The number of aromatic nitrogens is 1. The molecule has 2 heterocycles. The summed E-state index contributed by atoms with van der Waals surface area (Å²) in [6, 6.07) is 15.2. The number of benzene rings is 2. The molecule has 30 heavy (non-hydrogen) atoms. The van der Waals surface area contributed by atoms with Gasteiger partial charge in [-0.25, -0.2) is 5.43 Å². The number of hydrazone groups is 1. The number of carbonyl (C=O) groups is 1. The second-order valence-corrected chi connectivity index (χ2v) is 9.21. The van der Waals surface area contributed by atoms with Crippen LogP contribution in [0.1, 0.15) is 27.5 Å². The van der Waals surface area contributed by atoms with Crippen LogP contribution in [0.3, 0.4) is 0 Å². The van der Waals surface area contributed by atoms with E-state index < -0.39 is 5.91 Å². The molecule has 1 N–H and O–H groups in total. The zero-order valence-corrected chi connectivity index (χ0v) is 20.5. The highest BCUT2D eigenvalue weighted by Gasteiger charge is 2.15. The summed E-state index contributed by atoms with van der Waals surface area (Å²) < 4.78 is 9.62. The molecule has 0 spiro atoms. The minimum Gasteiger partial charge on any atom is -0.450 e. The number of rotatable bonds is 4. The van der Waals surface area contributed by atoms with Crippen molar-refractivity contribution >= 4 is 73.2 Å². The number of furan rings is 1. The van der Waals surface area contributed by atoms with Crippen LogP contribution in [0.5, 0.6) is 0 Å². The Hall–Kier alpha value is -2.10. The van der Waals surface area contributed by atoms with Crippen LogP contribution >= 0.6 is 50.1 Å². The number of hydrogen-bond donors (Lipinski definition) is 1. The minimum atomic E-state index is -0.408. The van der Waals surface area contributed by atoms with E-state index in [1.807, 2.05) is 56.3 Å². The number of carbonyl (C=O) groups excluding carboxylic acids is 1. The first kappa shape index (κ1) is 21.1. The van der Waals surface area contributed by atoms with Gasteiger partial charge in [0.2, 0.25) is 0 Å². The summed E-state index contributed by atoms with van der Waals surface area (Å²) in [5.74, 6) is -0.200. The number of para-hydroxylation sites is 1. The normalized spacial score (nSPS) is 11.5. The van der Waals surface area contributed by atoms with E-state index in [0.29, 0.717) is 10.6 Å². The summed E-state index contributed by atoms with van der Waals surface area (Å²) in [7, 11) is 0. The lowest BCUT2D eigenvalue weighted by Gasteiger charge is -2.11. The lowest BCUT2D eigenvalue weighted by molar-refractivity contribution is 0.0929. The number of aryl methyl sites for hydroxylation is 1. The van der Waals surface area contributed by atoms with Gasteiger partial charge in [0.1, 0.15) is 5.58 Å². The molecule has 0 radical (unpaired) electrons. The summed E-state index contributed by atoms with van der Waals surface area (Å²) in [5.41, 5.74) is 7.00. The SMILES string of the molecule is Cc1cc(/C=N\NC(=O)c2cc3cc(Br)cc(I)c3o2)c(C)n1-c1ccccc1Cl. The maximum atomic E-state index is 12.5. The predicted molar refractivity (Wildman–Crippen MR) is 132 cm³/mol. The van der Waals surface area contributed by atoms with Crippen LogP contribution < -0.4 is 5.43 Å². The molecule has 0 aliphatic carbocycles. The van der Waals surface area contributed by atoms with E-state index in [-0.39, 0.29) is 5.76 Å². The Kier molecular flexibility index (Phi) is 6.04. The maximum Gasteiger partial charge on any atom is 0.307 e. The number of nitrogens with one attached hydrogen (secondary N) is 1. The number of fused-ring (bicyclic) bond motifs is 1. The van der Waals surface area contributed by atoms with Crippen molar-refractivity contribution in [2.75, 3.05) is 0 Å². The van der Waals surface area contributed by atoms with Gasteiger partial charge in [-0.15, -0.1) is 0 Å². The molecule has 0 fully saturated rings. The second-order valence-electron chi connectivity index (χ2n) is 6.73. The highest BCUT2D eigenvalue weighted by Crippen LogP contribution is 2.29. The van der Waals surface area contributed by atoms with Crippen molar-refractivity contribution in [3.8, 4) is 5.69 Å². The fourth-order valence-electron chi connectivity index (χ4n) is 3.33. The average molecular weight is 597 g/mol. The molecule has 8 heteroatoms. The van der Waals surface area contributed by atoms with Crippen molar-refractivity contribution in [3.63, 3.8) is 0 Å². The fourth-order valence-corrected chi connectivity index (χ4v) is 5.21. The quantitative estimate of drug-likeness (QED) is 0.164. The van der Waals surface area contributed by atoms with Gasteiger partial charge in [-0.3, -0.25) is 4.79 Å². The molecule has 4 aromatic rings. The number of nitrogens with zero attached hydrogens (tertiary/aromatic N) is 2. The second kappa shape index (κ2) is 8.56. The van der Waals surface area contributed by atoms with Crippen LogP contribution in [-0.2, 0) is 0 Å². The maximum absolute atomic E-state index is 12.5. The number of hydrogen-bond acceptors (Lipinski definition) is 3. The molecular formula is C22H16BrClIN3O2. The monoisotopic (exact) mass is 595 g/mol. The third-order valence-electron chi connectivity index (χ3n) is 4.69. The van der Waals surface area contributed by atoms with Crippen molar-refractivity contribution in [1.82, 2.24) is 9.99 Å². The Bertz CT molecular complexity index is 1310. The largest absolute Gasteiger partial charge is 0.450 e. The minimum absolute atomic E-state index is 0.208. The molecule has 1 amide bonds. The smallest absolute Gasteiger partial charge is 0.307 e. The Morgan fingerprint density at radius 3 is 2.77 bits per heavy atom. The van der Waals surface area contributed by atoms with E-state index in [9.17, 15) is 4.79 Å². The van der Waals surface area contributed by atoms with Crippen molar-refractivity contribution in [2.24, 2.45) is 5.10 Å². The standard InChI is InChI=1S/C22H16BrClIN3O2/c1-12-7-15(13(2)28(12)19-6-4-3-5-17(19)24)11-26-27-22(29)20-9-14-8-16(23)10-18(25)21(14)30-20/h3-11H,1-2H3,(H,27,29)/b26-11-. The van der Waals surface area contributed by atoms with Crippen molar-refractivity contribution < 1.29 is 9.21 Å². The molecule has 0 atom stereocenters. The van der Waals surface area contributed by atoms with Gasteiger partial charge >= 0.3 is 5.91 Å². The molecular weight excluding hydrogens is 581 g/mol. The molecule has 0 aliphatic heterocycles.